The standard InChI is InChI=1S/C19H30N2/c1-14(2)20-16-10-6-7-11-17(16)21(15(3)4)18(20)19(5)12-8-9-13-19/h6-7,10-11,14-15,18H,8-9,12-13H2,1-5H3. The van der Waals surface area contributed by atoms with Crippen LogP contribution in [0.25, 0.3) is 0 Å². The fraction of sp³-hybridized carbons (Fsp3) is 0.684. The summed E-state index contributed by atoms with van der Waals surface area (Å²) < 4.78 is 0. The summed E-state index contributed by atoms with van der Waals surface area (Å²) in [4.78, 5) is 5.36. The molecule has 0 amide bonds. The summed E-state index contributed by atoms with van der Waals surface area (Å²) >= 11 is 0. The second-order valence-electron chi connectivity index (χ2n) is 7.73. The van der Waals surface area contributed by atoms with Gasteiger partial charge in [0.25, 0.3) is 0 Å². The monoisotopic (exact) mass is 286 g/mol. The number of para-hydroxylation sites is 2. The van der Waals surface area contributed by atoms with Gasteiger partial charge < -0.3 is 9.80 Å². The van der Waals surface area contributed by atoms with E-state index in [1.165, 1.54) is 37.1 Å². The molecular formula is C19H30N2. The minimum absolute atomic E-state index is 0.410. The first-order chi connectivity index (χ1) is 9.96. The third-order valence-electron chi connectivity index (χ3n) is 5.45. The van der Waals surface area contributed by atoms with Gasteiger partial charge in [0, 0.05) is 17.5 Å². The second kappa shape index (κ2) is 5.23. The lowest BCUT2D eigenvalue weighted by Crippen LogP contribution is -2.56. The molecule has 0 atom stereocenters. The Morgan fingerprint density at radius 1 is 0.905 bits per heavy atom. The van der Waals surface area contributed by atoms with E-state index in [0.717, 1.165) is 0 Å². The van der Waals surface area contributed by atoms with Crippen LogP contribution in [0.5, 0.6) is 0 Å². The molecule has 1 saturated carbocycles. The van der Waals surface area contributed by atoms with E-state index in [-0.39, 0.29) is 0 Å². The van der Waals surface area contributed by atoms with Crippen LogP contribution in [-0.2, 0) is 0 Å². The fourth-order valence-corrected chi connectivity index (χ4v) is 4.53. The van der Waals surface area contributed by atoms with Crippen LogP contribution in [0.4, 0.5) is 11.4 Å². The first-order valence-electron chi connectivity index (χ1n) is 8.61. The molecule has 21 heavy (non-hydrogen) atoms. The predicted octanol–water partition coefficient (Wildman–Crippen LogP) is 5.04. The Labute approximate surface area is 130 Å². The van der Waals surface area contributed by atoms with Crippen molar-refractivity contribution in [2.75, 3.05) is 9.80 Å². The van der Waals surface area contributed by atoms with Crippen molar-refractivity contribution in [3.05, 3.63) is 24.3 Å². The molecule has 1 fully saturated rings. The predicted molar refractivity (Wildman–Crippen MR) is 92.0 cm³/mol. The molecule has 2 heteroatoms. The Kier molecular flexibility index (Phi) is 3.67. The lowest BCUT2D eigenvalue weighted by atomic mass is 9.83. The molecular weight excluding hydrogens is 256 g/mol. The number of nitrogens with zero attached hydrogens (tertiary/aromatic N) is 2. The van der Waals surface area contributed by atoms with Crippen molar-refractivity contribution in [2.45, 2.75) is 78.6 Å². The molecule has 1 aromatic carbocycles. The van der Waals surface area contributed by atoms with Crippen LogP contribution < -0.4 is 9.80 Å². The van der Waals surface area contributed by atoms with E-state index in [0.29, 0.717) is 23.7 Å². The van der Waals surface area contributed by atoms with Gasteiger partial charge in [-0.3, -0.25) is 0 Å². The van der Waals surface area contributed by atoms with Gasteiger partial charge in [-0.15, -0.1) is 0 Å². The highest BCUT2D eigenvalue weighted by molar-refractivity contribution is 5.78. The Balaban J connectivity index is 2.11. The van der Waals surface area contributed by atoms with Crippen molar-refractivity contribution < 1.29 is 0 Å². The van der Waals surface area contributed by atoms with Gasteiger partial charge in [0.2, 0.25) is 0 Å². The van der Waals surface area contributed by atoms with Crippen molar-refractivity contribution in [1.82, 2.24) is 0 Å². The summed E-state index contributed by atoms with van der Waals surface area (Å²) in [6.45, 7) is 11.9. The van der Waals surface area contributed by atoms with Crippen LogP contribution in [0.15, 0.2) is 24.3 Å². The van der Waals surface area contributed by atoms with Gasteiger partial charge in [0.15, 0.2) is 0 Å². The second-order valence-corrected chi connectivity index (χ2v) is 7.73. The maximum absolute atomic E-state index is 2.68. The van der Waals surface area contributed by atoms with Crippen LogP contribution in [0.1, 0.15) is 60.3 Å². The SMILES string of the molecule is CC(C)N1c2ccccc2N(C(C)C)C1C1(C)CCCC1. The van der Waals surface area contributed by atoms with Crippen LogP contribution in [0.2, 0.25) is 0 Å². The highest BCUT2D eigenvalue weighted by Crippen LogP contribution is 2.52. The summed E-state index contributed by atoms with van der Waals surface area (Å²) in [5.74, 6) is 0. The van der Waals surface area contributed by atoms with E-state index in [4.69, 9.17) is 0 Å². The molecule has 0 unspecified atom stereocenters. The molecule has 0 aromatic heterocycles. The van der Waals surface area contributed by atoms with E-state index in [1.54, 1.807) is 0 Å². The average Bonchev–Trinajstić information content (AvgIpc) is 3.00. The van der Waals surface area contributed by atoms with Gasteiger partial charge in [0.1, 0.15) is 6.17 Å². The van der Waals surface area contributed by atoms with E-state index in [1.807, 2.05) is 0 Å². The molecule has 0 radical (unpaired) electrons. The summed E-state index contributed by atoms with van der Waals surface area (Å²) in [5, 5.41) is 0. The van der Waals surface area contributed by atoms with Crippen molar-refractivity contribution in [3.63, 3.8) is 0 Å². The van der Waals surface area contributed by atoms with Crippen LogP contribution in [-0.4, -0.2) is 18.2 Å². The number of hydrogen-bond acceptors (Lipinski definition) is 2. The fourth-order valence-electron chi connectivity index (χ4n) is 4.53. The summed E-state index contributed by atoms with van der Waals surface area (Å²) in [7, 11) is 0. The van der Waals surface area contributed by atoms with Gasteiger partial charge in [-0.05, 0) is 52.7 Å². The highest BCUT2D eigenvalue weighted by Gasteiger charge is 2.49. The topological polar surface area (TPSA) is 6.48 Å². The maximum atomic E-state index is 2.68. The molecule has 2 nitrogen and oxygen atoms in total. The highest BCUT2D eigenvalue weighted by atomic mass is 15.4. The van der Waals surface area contributed by atoms with Gasteiger partial charge in [-0.1, -0.05) is 31.9 Å². The minimum Gasteiger partial charge on any atom is -0.347 e. The number of rotatable bonds is 3. The Morgan fingerprint density at radius 2 is 1.33 bits per heavy atom. The third kappa shape index (κ3) is 2.23. The zero-order valence-electron chi connectivity index (χ0n) is 14.3. The van der Waals surface area contributed by atoms with Gasteiger partial charge in [-0.2, -0.15) is 0 Å². The van der Waals surface area contributed by atoms with Crippen LogP contribution in [0.3, 0.4) is 0 Å². The molecule has 1 aliphatic carbocycles. The quantitative estimate of drug-likeness (QED) is 0.768. The van der Waals surface area contributed by atoms with Gasteiger partial charge >= 0.3 is 0 Å². The third-order valence-corrected chi connectivity index (χ3v) is 5.45. The molecule has 1 aromatic rings. The minimum atomic E-state index is 0.410. The zero-order chi connectivity index (χ0) is 15.2. The molecule has 0 saturated heterocycles. The lowest BCUT2D eigenvalue weighted by Gasteiger charge is -2.46. The van der Waals surface area contributed by atoms with Crippen molar-refractivity contribution in [2.24, 2.45) is 5.41 Å². The summed E-state index contributed by atoms with van der Waals surface area (Å²) in [6.07, 6.45) is 6.01. The van der Waals surface area contributed by atoms with E-state index < -0.39 is 0 Å². The molecule has 0 bridgehead atoms. The molecule has 2 aliphatic rings. The van der Waals surface area contributed by atoms with Crippen LogP contribution in [0, 0.1) is 5.41 Å². The van der Waals surface area contributed by atoms with E-state index in [9.17, 15) is 0 Å². The normalized spacial score (nSPS) is 21.7. The average molecular weight is 286 g/mol. The largest absolute Gasteiger partial charge is 0.347 e. The molecule has 0 spiro atoms. The Hall–Kier alpha value is -1.18. The number of benzene rings is 1. The van der Waals surface area contributed by atoms with Gasteiger partial charge in [-0.25, -0.2) is 0 Å². The molecule has 1 aliphatic heterocycles. The Morgan fingerprint density at radius 3 is 1.71 bits per heavy atom. The van der Waals surface area contributed by atoms with E-state index >= 15 is 0 Å². The number of hydrogen-bond donors (Lipinski definition) is 0. The van der Waals surface area contributed by atoms with Crippen molar-refractivity contribution in [3.8, 4) is 0 Å². The molecule has 116 valence electrons. The Bertz CT molecular complexity index is 465. The van der Waals surface area contributed by atoms with Gasteiger partial charge in [0.05, 0.1) is 11.4 Å². The van der Waals surface area contributed by atoms with E-state index in [2.05, 4.69) is 68.7 Å². The smallest absolute Gasteiger partial charge is 0.108 e. The number of fused-ring (bicyclic) bond motifs is 1. The van der Waals surface area contributed by atoms with Crippen LogP contribution >= 0.6 is 0 Å². The van der Waals surface area contributed by atoms with Crippen molar-refractivity contribution >= 4 is 11.4 Å². The lowest BCUT2D eigenvalue weighted by molar-refractivity contribution is 0.234. The molecule has 1 heterocycles. The first kappa shape index (κ1) is 14.7. The van der Waals surface area contributed by atoms with Crippen molar-refractivity contribution in [1.29, 1.82) is 0 Å². The summed E-state index contributed by atoms with van der Waals surface area (Å²) in [6, 6.07) is 10.1. The molecule has 3 rings (SSSR count). The maximum Gasteiger partial charge on any atom is 0.108 e. The zero-order valence-corrected chi connectivity index (χ0v) is 14.3. The summed E-state index contributed by atoms with van der Waals surface area (Å²) in [5.41, 5.74) is 3.27. The molecule has 0 N–H and O–H groups in total. The first-order valence-corrected chi connectivity index (χ1v) is 8.61. The number of anilines is 2.